The molecule has 0 aliphatic carbocycles. The number of ether oxygens (including phenoxy) is 3. The molecule has 28 heavy (non-hydrogen) atoms. The van der Waals surface area contributed by atoms with Gasteiger partial charge in [0.25, 0.3) is 0 Å². The fraction of sp³-hybridized carbons (Fsp3) is 0.273. The minimum absolute atomic E-state index is 0.0613. The highest BCUT2D eigenvalue weighted by Crippen LogP contribution is 2.36. The molecular formula is C22H23NO5. The van der Waals surface area contributed by atoms with Gasteiger partial charge in [-0.1, -0.05) is 35.9 Å². The van der Waals surface area contributed by atoms with Crippen molar-refractivity contribution in [2.45, 2.75) is 33.3 Å². The number of esters is 1. The normalized spacial score (nSPS) is 11.3. The fourth-order valence-electron chi connectivity index (χ4n) is 2.82. The van der Waals surface area contributed by atoms with Crippen LogP contribution in [0.4, 0.5) is 4.79 Å². The van der Waals surface area contributed by atoms with Gasteiger partial charge in [-0.25, -0.2) is 14.2 Å². The number of nitrogens with zero attached hydrogens (tertiary/aromatic N) is 1. The van der Waals surface area contributed by atoms with E-state index in [0.717, 1.165) is 5.56 Å². The number of fused-ring (bicyclic) bond motifs is 1. The van der Waals surface area contributed by atoms with Crippen LogP contribution in [0.15, 0.2) is 48.5 Å². The molecular weight excluding hydrogens is 358 g/mol. The first-order valence-electron chi connectivity index (χ1n) is 8.91. The van der Waals surface area contributed by atoms with Gasteiger partial charge in [0.05, 0.1) is 12.6 Å². The fourth-order valence-corrected chi connectivity index (χ4v) is 2.82. The van der Waals surface area contributed by atoms with Crippen molar-refractivity contribution in [3.05, 3.63) is 59.7 Å². The van der Waals surface area contributed by atoms with Crippen LogP contribution >= 0.6 is 0 Å². The second-order valence-electron chi connectivity index (χ2n) is 7.42. The quantitative estimate of drug-likeness (QED) is 0.575. The molecule has 3 rings (SSSR count). The molecule has 0 saturated heterocycles. The Labute approximate surface area is 163 Å². The summed E-state index contributed by atoms with van der Waals surface area (Å²) in [4.78, 5) is 25.5. The number of para-hydroxylation sites is 1. The largest absolute Gasteiger partial charge is 0.465 e. The van der Waals surface area contributed by atoms with E-state index in [1.807, 2.05) is 19.1 Å². The van der Waals surface area contributed by atoms with Crippen molar-refractivity contribution >= 4 is 23.0 Å². The van der Waals surface area contributed by atoms with Gasteiger partial charge in [0.15, 0.2) is 0 Å². The number of hydrogen-bond donors (Lipinski definition) is 0. The topological polar surface area (TPSA) is 66.8 Å². The van der Waals surface area contributed by atoms with Gasteiger partial charge >= 0.3 is 12.1 Å². The molecule has 3 aromatic rings. The lowest BCUT2D eigenvalue weighted by Gasteiger charge is -2.21. The lowest BCUT2D eigenvalue weighted by Crippen LogP contribution is -2.27. The van der Waals surface area contributed by atoms with Crippen molar-refractivity contribution in [1.29, 1.82) is 0 Å². The lowest BCUT2D eigenvalue weighted by molar-refractivity contribution is 0.0533. The third kappa shape index (κ3) is 3.86. The molecule has 0 aliphatic heterocycles. The average Bonchev–Trinajstić information content (AvgIpc) is 2.95. The second-order valence-corrected chi connectivity index (χ2v) is 7.42. The molecule has 1 heterocycles. The van der Waals surface area contributed by atoms with Crippen LogP contribution in [0.1, 0.15) is 36.7 Å². The van der Waals surface area contributed by atoms with Crippen LogP contribution in [0, 0.1) is 6.92 Å². The van der Waals surface area contributed by atoms with Gasteiger partial charge in [-0.3, -0.25) is 0 Å². The maximum absolute atomic E-state index is 13.0. The summed E-state index contributed by atoms with van der Waals surface area (Å²) in [5, 5.41) is 0.544. The third-order valence-corrected chi connectivity index (χ3v) is 4.03. The van der Waals surface area contributed by atoms with E-state index in [0.29, 0.717) is 16.7 Å². The van der Waals surface area contributed by atoms with Crippen molar-refractivity contribution < 1.29 is 23.8 Å². The van der Waals surface area contributed by atoms with Crippen LogP contribution in [-0.2, 0) is 9.47 Å². The van der Waals surface area contributed by atoms with E-state index in [4.69, 9.17) is 14.2 Å². The molecule has 146 valence electrons. The van der Waals surface area contributed by atoms with Crippen molar-refractivity contribution in [1.82, 2.24) is 4.57 Å². The van der Waals surface area contributed by atoms with E-state index < -0.39 is 17.7 Å². The van der Waals surface area contributed by atoms with E-state index in [1.54, 1.807) is 57.2 Å². The second kappa shape index (κ2) is 7.38. The van der Waals surface area contributed by atoms with Gasteiger partial charge in [-0.15, -0.1) is 0 Å². The van der Waals surface area contributed by atoms with Gasteiger partial charge in [0.2, 0.25) is 5.88 Å². The Morgan fingerprint density at radius 1 is 0.964 bits per heavy atom. The van der Waals surface area contributed by atoms with E-state index in [-0.39, 0.29) is 11.4 Å². The zero-order valence-electron chi connectivity index (χ0n) is 16.6. The molecule has 0 unspecified atom stereocenters. The predicted octanol–water partition coefficient (Wildman–Crippen LogP) is 5.31. The minimum Gasteiger partial charge on any atom is -0.465 e. The molecule has 0 saturated carbocycles. The lowest BCUT2D eigenvalue weighted by atomic mass is 10.2. The first-order chi connectivity index (χ1) is 13.2. The summed E-state index contributed by atoms with van der Waals surface area (Å²) in [5.74, 6) is -0.0462. The van der Waals surface area contributed by atoms with Crippen LogP contribution in [0.25, 0.3) is 10.9 Å². The van der Waals surface area contributed by atoms with Crippen molar-refractivity contribution in [3.63, 3.8) is 0 Å². The monoisotopic (exact) mass is 381 g/mol. The Hall–Kier alpha value is -3.28. The Kier molecular flexibility index (Phi) is 5.14. The highest BCUT2D eigenvalue weighted by atomic mass is 16.6. The van der Waals surface area contributed by atoms with Crippen LogP contribution < -0.4 is 4.74 Å². The molecule has 0 aliphatic rings. The average molecular weight is 381 g/mol. The first-order valence-corrected chi connectivity index (χ1v) is 8.91. The molecule has 0 radical (unpaired) electrons. The van der Waals surface area contributed by atoms with E-state index in [2.05, 4.69) is 0 Å². The Morgan fingerprint density at radius 3 is 2.21 bits per heavy atom. The summed E-state index contributed by atoms with van der Waals surface area (Å²) >= 11 is 0. The highest BCUT2D eigenvalue weighted by Gasteiger charge is 2.30. The number of carbonyl (C=O) groups is 2. The number of aromatic nitrogens is 1. The molecule has 0 amide bonds. The third-order valence-electron chi connectivity index (χ3n) is 4.03. The number of aryl methyl sites for hydroxylation is 1. The molecule has 0 atom stereocenters. The number of carbonyl (C=O) groups excluding carboxylic acids is 2. The number of benzene rings is 2. The molecule has 6 nitrogen and oxygen atoms in total. The molecule has 1 aromatic heterocycles. The molecule has 6 heteroatoms. The first kappa shape index (κ1) is 19.5. The number of methoxy groups -OCH3 is 1. The van der Waals surface area contributed by atoms with Gasteiger partial charge < -0.3 is 14.2 Å². The number of rotatable bonds is 3. The summed E-state index contributed by atoms with van der Waals surface area (Å²) in [7, 11) is 1.29. The van der Waals surface area contributed by atoms with Crippen molar-refractivity contribution in [2.24, 2.45) is 0 Å². The van der Waals surface area contributed by atoms with E-state index in [1.165, 1.54) is 11.7 Å². The van der Waals surface area contributed by atoms with Gasteiger partial charge in [-0.2, -0.15) is 0 Å². The molecule has 0 spiro atoms. The maximum atomic E-state index is 13.0. The van der Waals surface area contributed by atoms with Crippen LogP contribution in [-0.4, -0.2) is 29.3 Å². The zero-order valence-corrected chi connectivity index (χ0v) is 16.6. The highest BCUT2D eigenvalue weighted by molar-refractivity contribution is 6.10. The SMILES string of the molecule is COC(=O)c1c(Oc2ccc(C)cc2)n(C(=O)OC(C)(C)C)c2ccccc12. The predicted molar refractivity (Wildman–Crippen MR) is 106 cm³/mol. The molecule has 0 fully saturated rings. The van der Waals surface area contributed by atoms with Crippen LogP contribution in [0.5, 0.6) is 11.6 Å². The summed E-state index contributed by atoms with van der Waals surface area (Å²) in [6.45, 7) is 7.29. The van der Waals surface area contributed by atoms with Gasteiger partial charge in [-0.05, 0) is 45.9 Å². The van der Waals surface area contributed by atoms with E-state index in [9.17, 15) is 9.59 Å². The Bertz CT molecular complexity index is 1030. The van der Waals surface area contributed by atoms with Gasteiger partial charge in [0, 0.05) is 5.39 Å². The number of hydrogen-bond acceptors (Lipinski definition) is 5. The Morgan fingerprint density at radius 2 is 1.61 bits per heavy atom. The summed E-state index contributed by atoms with van der Waals surface area (Å²) < 4.78 is 17.8. The summed E-state index contributed by atoms with van der Waals surface area (Å²) in [6, 6.07) is 14.3. The maximum Gasteiger partial charge on any atom is 0.421 e. The van der Waals surface area contributed by atoms with Crippen molar-refractivity contribution in [3.8, 4) is 11.6 Å². The van der Waals surface area contributed by atoms with Gasteiger partial charge in [0.1, 0.15) is 16.9 Å². The van der Waals surface area contributed by atoms with Crippen LogP contribution in [0.2, 0.25) is 0 Å². The van der Waals surface area contributed by atoms with Crippen LogP contribution in [0.3, 0.4) is 0 Å². The smallest absolute Gasteiger partial charge is 0.421 e. The zero-order chi connectivity index (χ0) is 20.5. The Balaban J connectivity index is 2.24. The minimum atomic E-state index is -0.713. The van der Waals surface area contributed by atoms with Crippen molar-refractivity contribution in [2.75, 3.05) is 7.11 Å². The molecule has 0 N–H and O–H groups in total. The van der Waals surface area contributed by atoms with E-state index >= 15 is 0 Å². The standard InChI is InChI=1S/C22H23NO5/c1-14-10-12-15(13-11-14)27-19-18(20(24)26-5)16-8-6-7-9-17(16)23(19)21(25)28-22(2,3)4/h6-13H,1-5H3. The summed E-state index contributed by atoms with van der Waals surface area (Å²) in [6.07, 6.45) is -0.638. The molecule has 0 bridgehead atoms. The molecule has 2 aromatic carbocycles. The summed E-state index contributed by atoms with van der Waals surface area (Å²) in [5.41, 5.74) is 1.02.